The Morgan fingerprint density at radius 1 is 1.29 bits per heavy atom. The maximum Gasteiger partial charge on any atom is 0.338 e. The quantitative estimate of drug-likeness (QED) is 0.717. The van der Waals surface area contributed by atoms with E-state index in [1.165, 1.54) is 46.3 Å². The number of hydrogen-bond acceptors (Lipinski definition) is 6. The molecule has 0 radical (unpaired) electrons. The Morgan fingerprint density at radius 3 is 2.42 bits per heavy atom. The van der Waals surface area contributed by atoms with Crippen molar-refractivity contribution in [3.63, 3.8) is 0 Å². The molecule has 0 spiro atoms. The fourth-order valence-corrected chi connectivity index (χ4v) is 2.88. The first kappa shape index (κ1) is 19.9. The number of methoxy groups -OCH3 is 1. The topological polar surface area (TPSA) is 102 Å². The molecule has 0 heterocycles. The van der Waals surface area contributed by atoms with Crippen molar-refractivity contribution in [3.8, 4) is 5.75 Å². The molecule has 0 aliphatic rings. The Labute approximate surface area is 141 Å². The Hall–Kier alpha value is -2.13. The average Bonchev–Trinajstić information content (AvgIpc) is 2.54. The molecule has 1 N–H and O–H groups in total. The van der Waals surface area contributed by atoms with Gasteiger partial charge < -0.3 is 14.8 Å². The number of benzene rings is 1. The van der Waals surface area contributed by atoms with Crippen molar-refractivity contribution in [2.24, 2.45) is 0 Å². The van der Waals surface area contributed by atoms with Gasteiger partial charge in [-0.1, -0.05) is 0 Å². The summed E-state index contributed by atoms with van der Waals surface area (Å²) in [5.41, 5.74) is 0.00683. The number of ether oxygens (including phenoxy) is 2. The number of nitrogens with one attached hydrogen (secondary N) is 1. The molecule has 8 nitrogen and oxygen atoms in total. The molecular weight excluding hydrogens is 336 g/mol. The summed E-state index contributed by atoms with van der Waals surface area (Å²) in [6, 6.07) is 3.91. The number of sulfonamides is 1. The van der Waals surface area contributed by atoms with Crippen LogP contribution in [0.2, 0.25) is 0 Å². The zero-order valence-electron chi connectivity index (χ0n) is 14.3. The summed E-state index contributed by atoms with van der Waals surface area (Å²) >= 11 is 0. The third kappa shape index (κ3) is 4.45. The molecule has 0 aromatic heterocycles. The second kappa shape index (κ2) is 8.11. The Balaban J connectivity index is 3.14. The standard InChI is InChI=1S/C15H22N2O6S/c1-6-16-14(18)10(2)23-15(19)11-7-8-12(22-5)13(9-11)24(20,21)17(3)4/h7-10H,6H2,1-5H3,(H,16,18)/t10-/m1/s1. The van der Waals surface area contributed by atoms with Gasteiger partial charge in [0.05, 0.1) is 12.7 Å². The largest absolute Gasteiger partial charge is 0.495 e. The van der Waals surface area contributed by atoms with Gasteiger partial charge in [0.25, 0.3) is 5.91 Å². The summed E-state index contributed by atoms with van der Waals surface area (Å²) in [6.07, 6.45) is -0.992. The lowest BCUT2D eigenvalue weighted by Crippen LogP contribution is -2.35. The van der Waals surface area contributed by atoms with Crippen LogP contribution < -0.4 is 10.1 Å². The maximum atomic E-state index is 12.3. The minimum atomic E-state index is -3.81. The molecule has 0 unspecified atom stereocenters. The van der Waals surface area contributed by atoms with Crippen LogP contribution in [0.25, 0.3) is 0 Å². The molecule has 24 heavy (non-hydrogen) atoms. The lowest BCUT2D eigenvalue weighted by molar-refractivity contribution is -0.128. The Kier molecular flexibility index (Phi) is 6.73. The first-order chi connectivity index (χ1) is 11.1. The van der Waals surface area contributed by atoms with Gasteiger partial charge in [0, 0.05) is 20.6 Å². The van der Waals surface area contributed by atoms with Crippen molar-refractivity contribution >= 4 is 21.9 Å². The summed E-state index contributed by atoms with van der Waals surface area (Å²) < 4.78 is 35.8. The zero-order chi connectivity index (χ0) is 18.5. The molecule has 1 aromatic carbocycles. The van der Waals surface area contributed by atoms with Crippen molar-refractivity contribution in [2.45, 2.75) is 24.8 Å². The van der Waals surface area contributed by atoms with E-state index in [1.54, 1.807) is 6.92 Å². The average molecular weight is 358 g/mol. The van der Waals surface area contributed by atoms with E-state index < -0.39 is 28.0 Å². The van der Waals surface area contributed by atoms with Crippen LogP contribution in [-0.4, -0.2) is 58.5 Å². The van der Waals surface area contributed by atoms with Crippen molar-refractivity contribution < 1.29 is 27.5 Å². The number of nitrogens with zero attached hydrogens (tertiary/aromatic N) is 1. The van der Waals surface area contributed by atoms with Crippen LogP contribution in [0.15, 0.2) is 23.1 Å². The minimum absolute atomic E-state index is 0.00683. The van der Waals surface area contributed by atoms with E-state index in [0.717, 1.165) is 4.31 Å². The van der Waals surface area contributed by atoms with Crippen molar-refractivity contribution in [1.29, 1.82) is 0 Å². The molecule has 0 saturated heterocycles. The summed E-state index contributed by atoms with van der Waals surface area (Å²) in [5.74, 6) is -1.12. The zero-order valence-corrected chi connectivity index (χ0v) is 15.1. The molecule has 0 aliphatic carbocycles. The third-order valence-electron chi connectivity index (χ3n) is 3.16. The molecule has 9 heteroatoms. The number of likely N-dealkylation sites (N-methyl/N-ethyl adjacent to an activating group) is 1. The van der Waals surface area contributed by atoms with Crippen LogP contribution in [0.5, 0.6) is 5.75 Å². The first-order valence-corrected chi connectivity index (χ1v) is 8.68. The number of carbonyl (C=O) groups is 2. The highest BCUT2D eigenvalue weighted by Gasteiger charge is 2.25. The number of carbonyl (C=O) groups excluding carboxylic acids is 2. The summed E-state index contributed by atoms with van der Waals surface area (Å²) in [7, 11) is 0.269. The fourth-order valence-electron chi connectivity index (χ4n) is 1.80. The lowest BCUT2D eigenvalue weighted by Gasteiger charge is -2.16. The molecule has 134 valence electrons. The van der Waals surface area contributed by atoms with Crippen molar-refractivity contribution in [3.05, 3.63) is 23.8 Å². The number of rotatable bonds is 7. The van der Waals surface area contributed by atoms with Gasteiger partial charge >= 0.3 is 5.97 Å². The predicted molar refractivity (Wildman–Crippen MR) is 87.4 cm³/mol. The van der Waals surface area contributed by atoms with E-state index in [4.69, 9.17) is 9.47 Å². The highest BCUT2D eigenvalue weighted by atomic mass is 32.2. The molecule has 0 fully saturated rings. The van der Waals surface area contributed by atoms with Crippen LogP contribution >= 0.6 is 0 Å². The monoisotopic (exact) mass is 358 g/mol. The van der Waals surface area contributed by atoms with E-state index in [1.807, 2.05) is 0 Å². The number of amides is 1. The molecule has 1 rings (SSSR count). The highest BCUT2D eigenvalue weighted by Crippen LogP contribution is 2.27. The third-order valence-corrected chi connectivity index (χ3v) is 5.00. The first-order valence-electron chi connectivity index (χ1n) is 7.24. The van der Waals surface area contributed by atoms with E-state index in [0.29, 0.717) is 6.54 Å². The summed E-state index contributed by atoms with van der Waals surface area (Å²) in [6.45, 7) is 3.59. The maximum absolute atomic E-state index is 12.3. The molecule has 0 bridgehead atoms. The van der Waals surface area contributed by atoms with Crippen molar-refractivity contribution in [2.75, 3.05) is 27.7 Å². The Morgan fingerprint density at radius 2 is 1.92 bits per heavy atom. The highest BCUT2D eigenvalue weighted by molar-refractivity contribution is 7.89. The molecule has 1 aromatic rings. The molecule has 0 saturated carbocycles. The SMILES string of the molecule is CCNC(=O)[C@@H](C)OC(=O)c1ccc(OC)c(S(=O)(=O)N(C)C)c1. The van der Waals surface area contributed by atoms with Crippen molar-refractivity contribution in [1.82, 2.24) is 9.62 Å². The van der Waals surface area contributed by atoms with Gasteiger partial charge in [-0.15, -0.1) is 0 Å². The van der Waals surface area contributed by atoms with Crippen LogP contribution in [0.4, 0.5) is 0 Å². The van der Waals surface area contributed by atoms with Gasteiger partial charge in [-0.2, -0.15) is 0 Å². The normalized spacial score (nSPS) is 12.6. The minimum Gasteiger partial charge on any atom is -0.495 e. The van der Waals surface area contributed by atoms with E-state index in [-0.39, 0.29) is 16.2 Å². The van der Waals surface area contributed by atoms with Gasteiger partial charge in [-0.25, -0.2) is 17.5 Å². The van der Waals surface area contributed by atoms with E-state index >= 15 is 0 Å². The van der Waals surface area contributed by atoms with Gasteiger partial charge in [0.2, 0.25) is 10.0 Å². The van der Waals surface area contributed by atoms with Crippen LogP contribution in [0.3, 0.4) is 0 Å². The predicted octanol–water partition coefficient (Wildman–Crippen LogP) is 0.627. The molecule has 1 amide bonds. The van der Waals surface area contributed by atoms with Gasteiger partial charge in [0.15, 0.2) is 6.10 Å². The molecule has 1 atom stereocenters. The second-order valence-electron chi connectivity index (χ2n) is 5.10. The van der Waals surface area contributed by atoms with Gasteiger partial charge in [0.1, 0.15) is 10.6 Å². The van der Waals surface area contributed by atoms with Crippen LogP contribution in [-0.2, 0) is 19.6 Å². The summed E-state index contributed by atoms with van der Waals surface area (Å²) in [5, 5.41) is 2.53. The van der Waals surface area contributed by atoms with Crippen LogP contribution in [0, 0.1) is 0 Å². The van der Waals surface area contributed by atoms with Crippen LogP contribution in [0.1, 0.15) is 24.2 Å². The molecular formula is C15H22N2O6S. The van der Waals surface area contributed by atoms with Gasteiger partial charge in [-0.3, -0.25) is 4.79 Å². The smallest absolute Gasteiger partial charge is 0.338 e. The number of hydrogen-bond donors (Lipinski definition) is 1. The summed E-state index contributed by atoms with van der Waals surface area (Å²) in [4.78, 5) is 23.6. The van der Waals surface area contributed by atoms with E-state index in [9.17, 15) is 18.0 Å². The van der Waals surface area contributed by atoms with Gasteiger partial charge in [-0.05, 0) is 32.0 Å². The number of esters is 1. The Bertz CT molecular complexity index is 715. The lowest BCUT2D eigenvalue weighted by atomic mass is 10.2. The fraction of sp³-hybridized carbons (Fsp3) is 0.467. The molecule has 0 aliphatic heterocycles. The second-order valence-corrected chi connectivity index (χ2v) is 7.22. The van der Waals surface area contributed by atoms with E-state index in [2.05, 4.69) is 5.32 Å².